The van der Waals surface area contributed by atoms with Crippen LogP contribution in [0.4, 0.5) is 0 Å². The average molecular weight is 375 g/mol. The number of guanidine groups is 1. The second kappa shape index (κ2) is 9.71. The third kappa shape index (κ3) is 6.44. The highest BCUT2D eigenvalue weighted by Crippen LogP contribution is 2.21. The fourth-order valence-corrected chi connectivity index (χ4v) is 3.34. The van der Waals surface area contributed by atoms with Crippen LogP contribution in [-0.2, 0) is 18.7 Å². The number of aliphatic imine (C=N–C) groups is 1. The van der Waals surface area contributed by atoms with Crippen LogP contribution in [0.2, 0.25) is 0 Å². The van der Waals surface area contributed by atoms with Crippen molar-refractivity contribution in [1.82, 2.24) is 15.5 Å². The van der Waals surface area contributed by atoms with E-state index >= 15 is 0 Å². The summed E-state index contributed by atoms with van der Waals surface area (Å²) in [7, 11) is 4.13. The van der Waals surface area contributed by atoms with Crippen molar-refractivity contribution >= 4 is 17.3 Å². The van der Waals surface area contributed by atoms with Gasteiger partial charge in [0, 0.05) is 13.1 Å². The predicted octanol–water partition coefficient (Wildman–Crippen LogP) is 2.77. The Balaban J connectivity index is 1.95. The monoisotopic (exact) mass is 374 g/mol. The second-order valence-corrected chi connectivity index (χ2v) is 7.67. The number of thiophene rings is 1. The van der Waals surface area contributed by atoms with Gasteiger partial charge in [0.1, 0.15) is 5.60 Å². The second-order valence-electron chi connectivity index (χ2n) is 6.89. The van der Waals surface area contributed by atoms with Gasteiger partial charge in [-0.15, -0.1) is 0 Å². The summed E-state index contributed by atoms with van der Waals surface area (Å²) in [6, 6.07) is 10.5. The lowest BCUT2D eigenvalue weighted by Crippen LogP contribution is -2.44. The van der Waals surface area contributed by atoms with Gasteiger partial charge >= 0.3 is 0 Å². The molecule has 6 heteroatoms. The van der Waals surface area contributed by atoms with Gasteiger partial charge in [-0.05, 0) is 61.5 Å². The lowest BCUT2D eigenvalue weighted by Gasteiger charge is -2.24. The molecule has 0 spiro atoms. The van der Waals surface area contributed by atoms with Crippen LogP contribution >= 0.6 is 11.3 Å². The van der Waals surface area contributed by atoms with Gasteiger partial charge in [0.2, 0.25) is 0 Å². The van der Waals surface area contributed by atoms with Gasteiger partial charge in [-0.1, -0.05) is 24.3 Å². The van der Waals surface area contributed by atoms with E-state index in [0.29, 0.717) is 19.0 Å². The fraction of sp³-hybridized carbons (Fsp3) is 0.450. The smallest absolute Gasteiger partial charge is 0.191 e. The molecular formula is C20H30N4OS. The van der Waals surface area contributed by atoms with Crippen molar-refractivity contribution in [2.24, 2.45) is 4.99 Å². The Morgan fingerprint density at radius 2 is 1.85 bits per heavy atom. The van der Waals surface area contributed by atoms with Crippen molar-refractivity contribution in [3.05, 3.63) is 57.8 Å². The highest BCUT2D eigenvalue weighted by molar-refractivity contribution is 7.08. The molecule has 0 saturated heterocycles. The molecule has 2 rings (SSSR count). The molecule has 1 atom stereocenters. The van der Waals surface area contributed by atoms with Gasteiger partial charge in [-0.2, -0.15) is 11.3 Å². The van der Waals surface area contributed by atoms with E-state index in [-0.39, 0.29) is 0 Å². The lowest BCUT2D eigenvalue weighted by molar-refractivity contribution is 0.0621. The van der Waals surface area contributed by atoms with E-state index in [0.717, 1.165) is 24.2 Å². The Labute approximate surface area is 160 Å². The molecule has 2 aromatic rings. The summed E-state index contributed by atoms with van der Waals surface area (Å²) in [5.74, 6) is 0.709. The van der Waals surface area contributed by atoms with Crippen molar-refractivity contribution in [2.75, 3.05) is 27.2 Å². The first-order valence-electron chi connectivity index (χ1n) is 8.90. The van der Waals surface area contributed by atoms with Gasteiger partial charge < -0.3 is 20.6 Å². The predicted molar refractivity (Wildman–Crippen MR) is 111 cm³/mol. The van der Waals surface area contributed by atoms with Gasteiger partial charge in [-0.3, -0.25) is 0 Å². The van der Waals surface area contributed by atoms with Crippen molar-refractivity contribution in [3.8, 4) is 0 Å². The first-order chi connectivity index (χ1) is 12.4. The Kier molecular flexibility index (Phi) is 7.63. The highest BCUT2D eigenvalue weighted by Gasteiger charge is 2.23. The maximum absolute atomic E-state index is 10.6. The molecule has 0 amide bonds. The first-order valence-corrected chi connectivity index (χ1v) is 9.85. The van der Waals surface area contributed by atoms with Crippen LogP contribution < -0.4 is 10.6 Å². The zero-order valence-electron chi connectivity index (χ0n) is 16.1. The zero-order valence-corrected chi connectivity index (χ0v) is 16.9. The fourth-order valence-electron chi connectivity index (χ4n) is 2.56. The third-order valence-electron chi connectivity index (χ3n) is 4.03. The zero-order chi connectivity index (χ0) is 19.0. The van der Waals surface area contributed by atoms with E-state index in [1.54, 1.807) is 11.3 Å². The summed E-state index contributed by atoms with van der Waals surface area (Å²) < 4.78 is 0. The van der Waals surface area contributed by atoms with Crippen LogP contribution in [0.5, 0.6) is 0 Å². The number of aliphatic hydroxyl groups is 1. The molecule has 0 aliphatic carbocycles. The van der Waals surface area contributed by atoms with E-state index < -0.39 is 5.60 Å². The Morgan fingerprint density at radius 3 is 2.42 bits per heavy atom. The molecule has 1 unspecified atom stereocenters. The van der Waals surface area contributed by atoms with Gasteiger partial charge in [-0.25, -0.2) is 4.99 Å². The number of hydrogen-bond acceptors (Lipinski definition) is 4. The summed E-state index contributed by atoms with van der Waals surface area (Å²) in [6.45, 7) is 6.55. The maximum Gasteiger partial charge on any atom is 0.191 e. The van der Waals surface area contributed by atoms with Crippen molar-refractivity contribution in [2.45, 2.75) is 32.5 Å². The van der Waals surface area contributed by atoms with Crippen molar-refractivity contribution in [1.29, 1.82) is 0 Å². The topological polar surface area (TPSA) is 59.9 Å². The summed E-state index contributed by atoms with van der Waals surface area (Å²) >= 11 is 1.59. The molecule has 5 nitrogen and oxygen atoms in total. The first kappa shape index (κ1) is 20.4. The van der Waals surface area contributed by atoms with Crippen molar-refractivity contribution in [3.63, 3.8) is 0 Å². The van der Waals surface area contributed by atoms with Crippen LogP contribution in [0.3, 0.4) is 0 Å². The normalized spacial score (nSPS) is 14.3. The van der Waals surface area contributed by atoms with Crippen LogP contribution in [-0.4, -0.2) is 43.2 Å². The van der Waals surface area contributed by atoms with Crippen LogP contribution in [0, 0.1) is 0 Å². The molecule has 0 radical (unpaired) electrons. The summed E-state index contributed by atoms with van der Waals surface area (Å²) in [6.07, 6.45) is 0. The molecule has 0 aliphatic heterocycles. The maximum atomic E-state index is 10.6. The molecule has 0 saturated carbocycles. The largest absolute Gasteiger partial charge is 0.384 e. The molecule has 1 aromatic heterocycles. The molecule has 0 fully saturated rings. The number of nitrogens with zero attached hydrogens (tertiary/aromatic N) is 2. The number of benzene rings is 1. The lowest BCUT2D eigenvalue weighted by atomic mass is 9.99. The standard InChI is InChI=1S/C20H30N4OS/c1-5-21-19(23-15-20(2,25)18-10-11-26-14-18)22-12-16-6-8-17(9-7-16)13-24(3)4/h6-11,14,25H,5,12-13,15H2,1-4H3,(H2,21,22,23). The molecule has 3 N–H and O–H groups in total. The SMILES string of the molecule is CCNC(=NCc1ccc(CN(C)C)cc1)NCC(C)(O)c1ccsc1. The molecule has 1 heterocycles. The minimum absolute atomic E-state index is 0.400. The Hall–Kier alpha value is -1.89. The van der Waals surface area contributed by atoms with Gasteiger partial charge in [0.15, 0.2) is 5.96 Å². The van der Waals surface area contributed by atoms with E-state index in [1.807, 2.05) is 30.7 Å². The minimum Gasteiger partial charge on any atom is -0.384 e. The van der Waals surface area contributed by atoms with Crippen LogP contribution in [0.15, 0.2) is 46.1 Å². The summed E-state index contributed by atoms with van der Waals surface area (Å²) in [5, 5.41) is 21.1. The van der Waals surface area contributed by atoms with Crippen molar-refractivity contribution < 1.29 is 5.11 Å². The molecular weight excluding hydrogens is 344 g/mol. The van der Waals surface area contributed by atoms with Gasteiger partial charge in [0.05, 0.1) is 13.1 Å². The third-order valence-corrected chi connectivity index (χ3v) is 4.71. The van der Waals surface area contributed by atoms with E-state index in [4.69, 9.17) is 0 Å². The van der Waals surface area contributed by atoms with E-state index in [1.165, 1.54) is 5.56 Å². The Bertz CT molecular complexity index is 678. The molecule has 0 bridgehead atoms. The average Bonchev–Trinajstić information content (AvgIpc) is 3.14. The van der Waals surface area contributed by atoms with E-state index in [9.17, 15) is 5.11 Å². The molecule has 1 aromatic carbocycles. The number of rotatable bonds is 8. The number of nitrogens with one attached hydrogen (secondary N) is 2. The quantitative estimate of drug-likeness (QED) is 0.491. The highest BCUT2D eigenvalue weighted by atomic mass is 32.1. The summed E-state index contributed by atoms with van der Waals surface area (Å²) in [4.78, 5) is 6.79. The molecule has 142 valence electrons. The Morgan fingerprint density at radius 1 is 1.15 bits per heavy atom. The van der Waals surface area contributed by atoms with Crippen LogP contribution in [0.1, 0.15) is 30.5 Å². The van der Waals surface area contributed by atoms with E-state index in [2.05, 4.69) is 58.9 Å². The number of hydrogen-bond donors (Lipinski definition) is 3. The molecule has 0 aliphatic rings. The molecule has 26 heavy (non-hydrogen) atoms. The van der Waals surface area contributed by atoms with Gasteiger partial charge in [0.25, 0.3) is 0 Å². The summed E-state index contributed by atoms with van der Waals surface area (Å²) in [5.41, 5.74) is 2.44. The minimum atomic E-state index is -0.927. The van der Waals surface area contributed by atoms with Crippen LogP contribution in [0.25, 0.3) is 0 Å².